The highest BCUT2D eigenvalue weighted by Crippen LogP contribution is 2.40. The van der Waals surface area contributed by atoms with Gasteiger partial charge in [0.05, 0.1) is 35.6 Å². The fourth-order valence-electron chi connectivity index (χ4n) is 4.63. The van der Waals surface area contributed by atoms with Gasteiger partial charge in [0, 0.05) is 25.5 Å². The summed E-state index contributed by atoms with van der Waals surface area (Å²) in [4.78, 5) is 27.4. The molecule has 0 aliphatic carbocycles. The van der Waals surface area contributed by atoms with Crippen molar-refractivity contribution < 1.29 is 27.4 Å². The van der Waals surface area contributed by atoms with Gasteiger partial charge in [0.2, 0.25) is 5.88 Å². The molecule has 0 spiro atoms. The number of esters is 1. The summed E-state index contributed by atoms with van der Waals surface area (Å²) >= 11 is 0. The second-order valence-corrected chi connectivity index (χ2v) is 8.68. The van der Waals surface area contributed by atoms with Gasteiger partial charge in [-0.3, -0.25) is 9.78 Å². The van der Waals surface area contributed by atoms with Gasteiger partial charge in [-0.1, -0.05) is 6.07 Å². The van der Waals surface area contributed by atoms with Crippen LogP contribution >= 0.6 is 0 Å². The van der Waals surface area contributed by atoms with Crippen LogP contribution in [0.15, 0.2) is 48.8 Å². The van der Waals surface area contributed by atoms with E-state index in [2.05, 4.69) is 15.0 Å². The molecule has 0 N–H and O–H groups in total. The lowest BCUT2D eigenvalue weighted by molar-refractivity contribution is -0.151. The molecule has 0 amide bonds. The van der Waals surface area contributed by atoms with Crippen LogP contribution in [-0.2, 0) is 21.1 Å². The van der Waals surface area contributed by atoms with Gasteiger partial charge in [-0.15, -0.1) is 0 Å². The van der Waals surface area contributed by atoms with Gasteiger partial charge in [0.25, 0.3) is 0 Å². The Bertz CT molecular complexity index is 1330. The van der Waals surface area contributed by atoms with Crippen LogP contribution in [0.5, 0.6) is 5.88 Å². The van der Waals surface area contributed by atoms with Crippen LogP contribution in [0, 0.1) is 11.3 Å². The maximum atomic E-state index is 13.2. The predicted octanol–water partition coefficient (Wildman–Crippen LogP) is 4.93. The summed E-state index contributed by atoms with van der Waals surface area (Å²) in [5.41, 5.74) is -0.101. The molecule has 0 aromatic carbocycles. The lowest BCUT2D eigenvalue weighted by Gasteiger charge is -2.41. The normalized spacial score (nSPS) is 15.0. The molecule has 1 fully saturated rings. The second kappa shape index (κ2) is 11.0. The summed E-state index contributed by atoms with van der Waals surface area (Å²) in [6.07, 6.45) is -0.740. The number of hydrogen-bond donors (Lipinski definition) is 0. The van der Waals surface area contributed by atoms with E-state index in [0.717, 1.165) is 11.6 Å². The summed E-state index contributed by atoms with van der Waals surface area (Å²) in [5.74, 6) is 0.0683. The molecule has 1 aliphatic heterocycles. The third-order valence-corrected chi connectivity index (χ3v) is 6.54. The minimum Gasteiger partial charge on any atom is -0.477 e. The van der Waals surface area contributed by atoms with Crippen molar-refractivity contribution in [3.63, 3.8) is 0 Å². The fraction of sp³-hybridized carbons (Fsp3) is 0.370. The molecule has 38 heavy (non-hydrogen) atoms. The topological polar surface area (TPSA) is 101 Å². The number of halogens is 3. The molecule has 198 valence electrons. The Morgan fingerprint density at radius 1 is 1.11 bits per heavy atom. The number of hydrogen-bond acceptors (Lipinski definition) is 8. The minimum atomic E-state index is -4.65. The third-order valence-electron chi connectivity index (χ3n) is 6.54. The Morgan fingerprint density at radius 3 is 2.47 bits per heavy atom. The smallest absolute Gasteiger partial charge is 0.433 e. The van der Waals surface area contributed by atoms with Gasteiger partial charge in [0.15, 0.2) is 5.69 Å². The van der Waals surface area contributed by atoms with E-state index in [0.29, 0.717) is 55.4 Å². The summed E-state index contributed by atoms with van der Waals surface area (Å²) in [7, 11) is 0. The fourth-order valence-corrected chi connectivity index (χ4v) is 4.63. The molecule has 0 bridgehead atoms. The monoisotopic (exact) mass is 525 g/mol. The SMILES string of the molecule is CCOC(=O)C1(c2ccc(-c3cccnc3OCC)nc2)CCN(c2ccc(C(F)(F)F)nc2C#N)CC1. The zero-order valence-electron chi connectivity index (χ0n) is 21.0. The number of anilines is 1. The zero-order valence-corrected chi connectivity index (χ0v) is 21.0. The first-order valence-corrected chi connectivity index (χ1v) is 12.2. The van der Waals surface area contributed by atoms with E-state index in [1.807, 2.05) is 19.1 Å². The molecule has 8 nitrogen and oxygen atoms in total. The number of nitriles is 1. The number of ether oxygens (including phenoxy) is 2. The number of nitrogens with zero attached hydrogens (tertiary/aromatic N) is 5. The van der Waals surface area contributed by atoms with E-state index in [1.165, 1.54) is 6.07 Å². The van der Waals surface area contributed by atoms with Crippen molar-refractivity contribution >= 4 is 11.7 Å². The van der Waals surface area contributed by atoms with E-state index < -0.39 is 23.3 Å². The molecule has 0 unspecified atom stereocenters. The molecule has 3 aromatic heterocycles. The largest absolute Gasteiger partial charge is 0.477 e. The highest BCUT2D eigenvalue weighted by atomic mass is 19.4. The lowest BCUT2D eigenvalue weighted by atomic mass is 9.73. The van der Waals surface area contributed by atoms with Crippen LogP contribution in [0.4, 0.5) is 18.9 Å². The van der Waals surface area contributed by atoms with E-state index in [4.69, 9.17) is 9.47 Å². The maximum absolute atomic E-state index is 13.2. The quantitative estimate of drug-likeness (QED) is 0.401. The minimum absolute atomic E-state index is 0.199. The van der Waals surface area contributed by atoms with Gasteiger partial charge in [0.1, 0.15) is 11.8 Å². The van der Waals surface area contributed by atoms with Crippen molar-refractivity contribution in [3.8, 4) is 23.2 Å². The first-order chi connectivity index (χ1) is 18.2. The molecule has 4 rings (SSSR count). The summed E-state index contributed by atoms with van der Waals surface area (Å²) in [6, 6.07) is 11.2. The Kier molecular flexibility index (Phi) is 7.80. The van der Waals surface area contributed by atoms with Crippen LogP contribution in [0.2, 0.25) is 0 Å². The first-order valence-electron chi connectivity index (χ1n) is 12.2. The Labute approximate surface area is 218 Å². The van der Waals surface area contributed by atoms with E-state index >= 15 is 0 Å². The number of aromatic nitrogens is 3. The van der Waals surface area contributed by atoms with Crippen molar-refractivity contribution in [2.45, 2.75) is 38.3 Å². The molecule has 0 atom stereocenters. The average molecular weight is 526 g/mol. The molecule has 1 aliphatic rings. The van der Waals surface area contributed by atoms with Crippen molar-refractivity contribution in [2.24, 2.45) is 0 Å². The third kappa shape index (κ3) is 5.25. The van der Waals surface area contributed by atoms with Crippen LogP contribution in [-0.4, -0.2) is 47.2 Å². The molecule has 4 heterocycles. The molecular weight excluding hydrogens is 499 g/mol. The Hall–Kier alpha value is -4.20. The number of alkyl halides is 3. The molecular formula is C27H26F3N5O3. The van der Waals surface area contributed by atoms with Gasteiger partial charge in [-0.05, 0) is 62.6 Å². The van der Waals surface area contributed by atoms with Crippen molar-refractivity contribution in [1.82, 2.24) is 15.0 Å². The first kappa shape index (κ1) is 26.9. The summed E-state index contributed by atoms with van der Waals surface area (Å²) < 4.78 is 50.3. The average Bonchev–Trinajstić information content (AvgIpc) is 2.93. The van der Waals surface area contributed by atoms with Crippen molar-refractivity contribution in [2.75, 3.05) is 31.2 Å². The molecule has 0 radical (unpaired) electrons. The van der Waals surface area contributed by atoms with Crippen LogP contribution in [0.25, 0.3) is 11.3 Å². The molecule has 1 saturated heterocycles. The Balaban J connectivity index is 1.62. The second-order valence-electron chi connectivity index (χ2n) is 8.68. The number of rotatable bonds is 7. The van der Waals surface area contributed by atoms with Gasteiger partial charge < -0.3 is 14.4 Å². The van der Waals surface area contributed by atoms with Gasteiger partial charge in [-0.25, -0.2) is 9.97 Å². The van der Waals surface area contributed by atoms with Crippen molar-refractivity contribution in [1.29, 1.82) is 5.26 Å². The van der Waals surface area contributed by atoms with Crippen LogP contribution in [0.3, 0.4) is 0 Å². The van der Waals surface area contributed by atoms with E-state index in [-0.39, 0.29) is 12.3 Å². The summed E-state index contributed by atoms with van der Waals surface area (Å²) in [6.45, 7) is 4.85. The molecule has 3 aromatic rings. The summed E-state index contributed by atoms with van der Waals surface area (Å²) in [5, 5.41) is 9.45. The number of piperidine rings is 1. The number of pyridine rings is 3. The zero-order chi connectivity index (χ0) is 27.3. The van der Waals surface area contributed by atoms with Gasteiger partial charge in [-0.2, -0.15) is 18.4 Å². The number of carbonyl (C=O) groups excluding carboxylic acids is 1. The highest BCUT2D eigenvalue weighted by molar-refractivity contribution is 5.84. The molecule has 11 heteroatoms. The maximum Gasteiger partial charge on any atom is 0.433 e. The molecule has 0 saturated carbocycles. The predicted molar refractivity (Wildman–Crippen MR) is 132 cm³/mol. The standard InChI is InChI=1S/C27H26F3N5O3/c1-3-37-24-19(6-5-13-32-24)20-8-7-18(17-33-20)26(25(36)38-4-2)11-14-35(15-12-26)22-9-10-23(27(28,29)30)34-21(22)16-31/h5-10,13,17H,3-4,11-12,14-15H2,1-2H3. The van der Waals surface area contributed by atoms with Gasteiger partial charge >= 0.3 is 12.1 Å². The van der Waals surface area contributed by atoms with Crippen molar-refractivity contribution in [3.05, 3.63) is 65.7 Å². The van der Waals surface area contributed by atoms with Crippen LogP contribution in [0.1, 0.15) is 43.6 Å². The van der Waals surface area contributed by atoms with E-state index in [9.17, 15) is 23.2 Å². The van der Waals surface area contributed by atoms with E-state index in [1.54, 1.807) is 42.4 Å². The Morgan fingerprint density at radius 2 is 1.87 bits per heavy atom. The highest BCUT2D eigenvalue weighted by Gasteiger charge is 2.45. The lowest BCUT2D eigenvalue weighted by Crippen LogP contribution is -2.48. The van der Waals surface area contributed by atoms with Crippen LogP contribution < -0.4 is 9.64 Å². The number of carbonyl (C=O) groups is 1.